The van der Waals surface area contributed by atoms with Gasteiger partial charge in [-0.05, 0) is 49.9 Å². The second-order valence-corrected chi connectivity index (χ2v) is 8.33. The molecule has 6 nitrogen and oxygen atoms in total. The highest BCUT2D eigenvalue weighted by molar-refractivity contribution is 6.30. The molecule has 0 spiro atoms. The molecule has 0 unspecified atom stereocenters. The summed E-state index contributed by atoms with van der Waals surface area (Å²) in [7, 11) is 0. The minimum absolute atomic E-state index is 0.446. The summed E-state index contributed by atoms with van der Waals surface area (Å²) in [6.45, 7) is 0. The smallest absolute Gasteiger partial charge is 0.233 e. The quantitative estimate of drug-likeness (QED) is 0.572. The Bertz CT molecular complexity index is 716. The molecule has 2 fully saturated rings. The van der Waals surface area contributed by atoms with Crippen LogP contribution in [0.5, 0.6) is 0 Å². The molecule has 28 heavy (non-hydrogen) atoms. The van der Waals surface area contributed by atoms with E-state index in [1.165, 1.54) is 64.2 Å². The molecule has 0 atom stereocenters. The first-order valence-electron chi connectivity index (χ1n) is 10.6. The van der Waals surface area contributed by atoms with Crippen LogP contribution in [-0.4, -0.2) is 27.0 Å². The largest absolute Gasteiger partial charge is 0.351 e. The summed E-state index contributed by atoms with van der Waals surface area (Å²) >= 11 is 5.99. The Morgan fingerprint density at radius 2 is 1.11 bits per heavy atom. The van der Waals surface area contributed by atoms with Crippen molar-refractivity contribution < 1.29 is 0 Å². The van der Waals surface area contributed by atoms with Crippen LogP contribution in [0.25, 0.3) is 0 Å². The van der Waals surface area contributed by atoms with Crippen LogP contribution < -0.4 is 16.0 Å². The van der Waals surface area contributed by atoms with Gasteiger partial charge in [0.1, 0.15) is 0 Å². The van der Waals surface area contributed by atoms with Gasteiger partial charge in [0.25, 0.3) is 0 Å². The van der Waals surface area contributed by atoms with E-state index in [0.717, 1.165) is 5.69 Å². The van der Waals surface area contributed by atoms with Crippen LogP contribution in [0.15, 0.2) is 24.3 Å². The summed E-state index contributed by atoms with van der Waals surface area (Å²) in [5.74, 6) is 1.85. The molecule has 0 amide bonds. The fourth-order valence-corrected chi connectivity index (χ4v) is 4.21. The molecule has 1 heterocycles. The van der Waals surface area contributed by atoms with Crippen molar-refractivity contribution in [2.75, 3.05) is 16.0 Å². The number of halogens is 1. The van der Waals surface area contributed by atoms with E-state index in [2.05, 4.69) is 30.9 Å². The third kappa shape index (κ3) is 5.47. The van der Waals surface area contributed by atoms with Crippen LogP contribution in [0, 0.1) is 0 Å². The second-order valence-electron chi connectivity index (χ2n) is 7.90. The summed E-state index contributed by atoms with van der Waals surface area (Å²) in [6.07, 6.45) is 12.4. The number of nitrogens with zero attached hydrogens (tertiary/aromatic N) is 3. The molecule has 1 aromatic heterocycles. The van der Waals surface area contributed by atoms with E-state index in [1.807, 2.05) is 24.3 Å². The predicted octanol–water partition coefficient (Wildman–Crippen LogP) is 5.76. The van der Waals surface area contributed by atoms with Gasteiger partial charge in [-0.3, -0.25) is 0 Å². The molecule has 0 aliphatic heterocycles. The van der Waals surface area contributed by atoms with Gasteiger partial charge < -0.3 is 16.0 Å². The van der Waals surface area contributed by atoms with E-state index in [4.69, 9.17) is 11.6 Å². The highest BCUT2D eigenvalue weighted by Gasteiger charge is 2.18. The first-order valence-corrected chi connectivity index (χ1v) is 10.9. The minimum atomic E-state index is 0.446. The summed E-state index contributed by atoms with van der Waals surface area (Å²) in [5, 5.41) is 11.1. The van der Waals surface area contributed by atoms with Crippen LogP contribution in [0.2, 0.25) is 5.02 Å². The van der Waals surface area contributed by atoms with Crippen molar-refractivity contribution >= 4 is 35.1 Å². The van der Waals surface area contributed by atoms with Gasteiger partial charge >= 0.3 is 0 Å². The summed E-state index contributed by atoms with van der Waals surface area (Å²) in [4.78, 5) is 13.9. The first kappa shape index (κ1) is 19.2. The van der Waals surface area contributed by atoms with Gasteiger partial charge in [0.15, 0.2) is 0 Å². The van der Waals surface area contributed by atoms with Crippen molar-refractivity contribution in [2.45, 2.75) is 76.3 Å². The summed E-state index contributed by atoms with van der Waals surface area (Å²) < 4.78 is 0. The van der Waals surface area contributed by atoms with E-state index in [-0.39, 0.29) is 0 Å². The van der Waals surface area contributed by atoms with Crippen molar-refractivity contribution in [2.24, 2.45) is 0 Å². The van der Waals surface area contributed by atoms with E-state index in [1.54, 1.807) is 0 Å². The van der Waals surface area contributed by atoms with Crippen molar-refractivity contribution in [3.8, 4) is 0 Å². The number of benzene rings is 1. The first-order chi connectivity index (χ1) is 13.7. The van der Waals surface area contributed by atoms with E-state index < -0.39 is 0 Å². The lowest BCUT2D eigenvalue weighted by atomic mass is 9.96. The standard InChI is InChI=1S/C21H29ClN6/c22-15-11-13-18(14-12-15)25-21-27-19(23-16-7-3-1-4-8-16)26-20(28-21)24-17-9-5-2-6-10-17/h11-14,16-17H,1-10H2,(H3,23,24,25,26,27,28). The van der Waals surface area contributed by atoms with E-state index >= 15 is 0 Å². The third-order valence-electron chi connectivity index (χ3n) is 5.61. The Labute approximate surface area is 171 Å². The number of hydrogen-bond donors (Lipinski definition) is 3. The average Bonchev–Trinajstić information content (AvgIpc) is 2.71. The lowest BCUT2D eigenvalue weighted by molar-refractivity contribution is 0.458. The lowest BCUT2D eigenvalue weighted by Gasteiger charge is -2.25. The number of anilines is 4. The Kier molecular flexibility index (Phi) is 6.47. The Morgan fingerprint density at radius 1 is 0.643 bits per heavy atom. The van der Waals surface area contributed by atoms with Crippen molar-refractivity contribution in [1.29, 1.82) is 0 Å². The van der Waals surface area contributed by atoms with Crippen LogP contribution in [-0.2, 0) is 0 Å². The fourth-order valence-electron chi connectivity index (χ4n) is 4.08. The highest BCUT2D eigenvalue weighted by Crippen LogP contribution is 2.24. The van der Waals surface area contributed by atoms with Gasteiger partial charge in [-0.2, -0.15) is 15.0 Å². The molecule has 0 radical (unpaired) electrons. The molecule has 2 aliphatic rings. The van der Waals surface area contributed by atoms with Crippen molar-refractivity contribution in [1.82, 2.24) is 15.0 Å². The summed E-state index contributed by atoms with van der Waals surface area (Å²) in [5.41, 5.74) is 0.905. The van der Waals surface area contributed by atoms with Crippen LogP contribution >= 0.6 is 11.6 Å². The molecular formula is C21H29ClN6. The summed E-state index contributed by atoms with van der Waals surface area (Å²) in [6, 6.07) is 8.45. The maximum Gasteiger partial charge on any atom is 0.233 e. The van der Waals surface area contributed by atoms with Gasteiger partial charge in [0, 0.05) is 22.8 Å². The van der Waals surface area contributed by atoms with Crippen molar-refractivity contribution in [3.05, 3.63) is 29.3 Å². The van der Waals surface area contributed by atoms with Gasteiger partial charge in [-0.15, -0.1) is 0 Å². The maximum absolute atomic E-state index is 5.99. The van der Waals surface area contributed by atoms with Gasteiger partial charge in [0.05, 0.1) is 0 Å². The van der Waals surface area contributed by atoms with Crippen molar-refractivity contribution in [3.63, 3.8) is 0 Å². The topological polar surface area (TPSA) is 74.8 Å². The molecular weight excluding hydrogens is 372 g/mol. The van der Waals surface area contributed by atoms with Gasteiger partial charge in [0.2, 0.25) is 17.8 Å². The van der Waals surface area contributed by atoms with Crippen LogP contribution in [0.4, 0.5) is 23.5 Å². The third-order valence-corrected chi connectivity index (χ3v) is 5.86. The zero-order chi connectivity index (χ0) is 19.2. The molecule has 2 saturated carbocycles. The molecule has 2 aliphatic carbocycles. The minimum Gasteiger partial charge on any atom is -0.351 e. The molecule has 0 bridgehead atoms. The SMILES string of the molecule is Clc1ccc(Nc2nc(NC3CCCCC3)nc(NC3CCCCC3)n2)cc1. The van der Waals surface area contributed by atoms with E-state index in [0.29, 0.717) is 35.0 Å². The van der Waals surface area contributed by atoms with Crippen LogP contribution in [0.1, 0.15) is 64.2 Å². The zero-order valence-electron chi connectivity index (χ0n) is 16.3. The number of hydrogen-bond acceptors (Lipinski definition) is 6. The molecule has 4 rings (SSSR count). The molecule has 1 aromatic carbocycles. The monoisotopic (exact) mass is 400 g/mol. The normalized spacial score (nSPS) is 18.6. The number of aromatic nitrogens is 3. The second kappa shape index (κ2) is 9.41. The molecule has 0 saturated heterocycles. The molecule has 7 heteroatoms. The van der Waals surface area contributed by atoms with E-state index in [9.17, 15) is 0 Å². The Hall–Kier alpha value is -2.08. The number of rotatable bonds is 6. The lowest BCUT2D eigenvalue weighted by Crippen LogP contribution is -2.26. The predicted molar refractivity (Wildman–Crippen MR) is 116 cm³/mol. The maximum atomic E-state index is 5.99. The fraction of sp³-hybridized carbons (Fsp3) is 0.571. The molecule has 3 N–H and O–H groups in total. The van der Waals surface area contributed by atoms with Gasteiger partial charge in [-0.25, -0.2) is 0 Å². The Balaban J connectivity index is 1.52. The molecule has 2 aromatic rings. The zero-order valence-corrected chi connectivity index (χ0v) is 17.0. The molecule has 150 valence electrons. The highest BCUT2D eigenvalue weighted by atomic mass is 35.5. The van der Waals surface area contributed by atoms with Gasteiger partial charge in [-0.1, -0.05) is 50.1 Å². The average molecular weight is 401 g/mol. The number of nitrogens with one attached hydrogen (secondary N) is 3. The Morgan fingerprint density at radius 3 is 1.61 bits per heavy atom. The van der Waals surface area contributed by atoms with Crippen LogP contribution in [0.3, 0.4) is 0 Å².